The average Bonchev–Trinajstić information content (AvgIpc) is 3.41. The molecule has 7 N–H and O–H groups in total. The zero-order valence-electron chi connectivity index (χ0n) is 31.2. The number of rotatable bonds is 18. The van der Waals surface area contributed by atoms with Gasteiger partial charge < -0.3 is 37.2 Å². The van der Waals surface area contributed by atoms with Crippen LogP contribution in [-0.2, 0) is 36.8 Å². The highest BCUT2D eigenvalue weighted by molar-refractivity contribution is 5.95. The number of piperidine rings is 1. The molecule has 0 radical (unpaired) electrons. The minimum atomic E-state index is -0.947. The molecule has 0 aliphatic carbocycles. The maximum absolute atomic E-state index is 14.0. The van der Waals surface area contributed by atoms with Gasteiger partial charge in [0, 0.05) is 26.7 Å². The molecule has 2 aliphatic rings. The summed E-state index contributed by atoms with van der Waals surface area (Å²) in [5, 5.41) is 8.75. The third-order valence-corrected chi connectivity index (χ3v) is 10.5. The number of nitrogens with one attached hydrogen (secondary N) is 3. The summed E-state index contributed by atoms with van der Waals surface area (Å²) in [5.74, 6) is -1.40. The summed E-state index contributed by atoms with van der Waals surface area (Å²) in [6, 6.07) is 15.6. The fourth-order valence-electron chi connectivity index (χ4n) is 7.30. The van der Waals surface area contributed by atoms with Crippen LogP contribution in [0.1, 0.15) is 76.3 Å². The predicted molar refractivity (Wildman–Crippen MR) is 202 cm³/mol. The second-order valence-corrected chi connectivity index (χ2v) is 15.0. The van der Waals surface area contributed by atoms with Gasteiger partial charge in [-0.1, -0.05) is 74.5 Å². The Kier molecular flexibility index (Phi) is 15.2. The Morgan fingerprint density at radius 1 is 0.750 bits per heavy atom. The topological polar surface area (TPSA) is 180 Å². The second kappa shape index (κ2) is 19.5. The third kappa shape index (κ3) is 11.4. The molecule has 5 amide bonds. The highest BCUT2D eigenvalue weighted by Crippen LogP contribution is 2.41. The van der Waals surface area contributed by atoms with Crippen LogP contribution in [0.25, 0.3) is 0 Å². The molecule has 284 valence electrons. The van der Waals surface area contributed by atoms with Crippen LogP contribution in [0.15, 0.2) is 60.7 Å². The molecule has 2 heterocycles. The van der Waals surface area contributed by atoms with E-state index in [0.717, 1.165) is 24.1 Å². The van der Waals surface area contributed by atoms with Crippen molar-refractivity contribution in [2.24, 2.45) is 22.8 Å². The Bertz CT molecular complexity index is 1480. The number of likely N-dealkylation sites (tertiary alicyclic amines) is 2. The number of amides is 5. The maximum Gasteiger partial charge on any atom is 0.245 e. The zero-order chi connectivity index (χ0) is 37.7. The first-order valence-electron chi connectivity index (χ1n) is 18.9. The van der Waals surface area contributed by atoms with E-state index in [9.17, 15) is 24.0 Å². The van der Waals surface area contributed by atoms with Gasteiger partial charge >= 0.3 is 0 Å². The van der Waals surface area contributed by atoms with Crippen molar-refractivity contribution in [2.45, 2.75) is 102 Å². The molecule has 2 fully saturated rings. The molecule has 0 unspecified atom stereocenters. The smallest absolute Gasteiger partial charge is 0.245 e. The van der Waals surface area contributed by atoms with Gasteiger partial charge in [-0.25, -0.2) is 0 Å². The third-order valence-electron chi connectivity index (χ3n) is 10.5. The molecular weight excluding hydrogens is 658 g/mol. The lowest BCUT2D eigenvalue weighted by atomic mass is 9.77. The van der Waals surface area contributed by atoms with E-state index in [4.69, 9.17) is 11.5 Å². The number of nitrogens with two attached hydrogens (primary N) is 2. The van der Waals surface area contributed by atoms with Crippen LogP contribution in [0.3, 0.4) is 0 Å². The minimum Gasteiger partial charge on any atom is -0.345 e. The number of hydrogen-bond donors (Lipinski definition) is 5. The second-order valence-electron chi connectivity index (χ2n) is 15.0. The van der Waals surface area contributed by atoms with E-state index in [2.05, 4.69) is 16.0 Å². The molecule has 2 aromatic carbocycles. The number of aryl methyl sites for hydroxylation is 1. The molecule has 2 saturated heterocycles. The normalized spacial score (nSPS) is 17.8. The van der Waals surface area contributed by atoms with Gasteiger partial charge in [0.15, 0.2) is 0 Å². The summed E-state index contributed by atoms with van der Waals surface area (Å²) < 4.78 is 0. The summed E-state index contributed by atoms with van der Waals surface area (Å²) in [4.78, 5) is 71.6. The first-order chi connectivity index (χ1) is 24.9. The van der Waals surface area contributed by atoms with Crippen LogP contribution in [0, 0.1) is 11.3 Å². The molecule has 4 atom stereocenters. The van der Waals surface area contributed by atoms with Crippen molar-refractivity contribution < 1.29 is 24.0 Å². The van der Waals surface area contributed by atoms with Crippen LogP contribution >= 0.6 is 0 Å². The average molecular weight is 718 g/mol. The van der Waals surface area contributed by atoms with Crippen LogP contribution in [-0.4, -0.2) is 96.7 Å². The van der Waals surface area contributed by atoms with E-state index in [1.54, 1.807) is 9.80 Å². The number of nitrogens with zero attached hydrogens (tertiary/aromatic N) is 2. The Morgan fingerprint density at radius 2 is 1.31 bits per heavy atom. The van der Waals surface area contributed by atoms with Crippen molar-refractivity contribution in [1.29, 1.82) is 0 Å². The Balaban J connectivity index is 1.46. The van der Waals surface area contributed by atoms with Gasteiger partial charge in [-0.15, -0.1) is 0 Å². The monoisotopic (exact) mass is 717 g/mol. The molecule has 2 aliphatic heterocycles. The highest BCUT2D eigenvalue weighted by Gasteiger charge is 2.48. The molecule has 52 heavy (non-hydrogen) atoms. The van der Waals surface area contributed by atoms with Crippen molar-refractivity contribution in [2.75, 3.05) is 33.2 Å². The maximum atomic E-state index is 14.0. The lowest BCUT2D eigenvalue weighted by molar-refractivity contribution is -0.144. The zero-order valence-corrected chi connectivity index (χ0v) is 31.2. The number of benzene rings is 2. The first-order valence-corrected chi connectivity index (χ1v) is 18.9. The van der Waals surface area contributed by atoms with E-state index < -0.39 is 47.3 Å². The Morgan fingerprint density at radius 3 is 1.88 bits per heavy atom. The number of hydrogen-bond acceptors (Lipinski definition) is 7. The fourth-order valence-corrected chi connectivity index (χ4v) is 7.30. The molecule has 2 aromatic rings. The summed E-state index contributed by atoms with van der Waals surface area (Å²) >= 11 is 0. The Hall–Kier alpha value is -4.29. The Labute approximate surface area is 308 Å². The van der Waals surface area contributed by atoms with Gasteiger partial charge in [-0.05, 0) is 87.8 Å². The molecule has 4 rings (SSSR count). The fraction of sp³-hybridized carbons (Fsp3) is 0.575. The molecule has 12 heteroatoms. The van der Waals surface area contributed by atoms with Gasteiger partial charge in [-0.3, -0.25) is 24.0 Å². The molecule has 0 saturated carbocycles. The molecular formula is C40H59N7O5. The first kappa shape index (κ1) is 40.5. The summed E-state index contributed by atoms with van der Waals surface area (Å²) in [6.07, 6.45) is 5.20. The van der Waals surface area contributed by atoms with Crippen LogP contribution in [0.2, 0.25) is 0 Å². The lowest BCUT2D eigenvalue weighted by Crippen LogP contribution is -2.59. The highest BCUT2D eigenvalue weighted by atomic mass is 16.2. The van der Waals surface area contributed by atoms with E-state index in [1.807, 2.05) is 81.6 Å². The molecule has 0 bridgehead atoms. The van der Waals surface area contributed by atoms with Crippen molar-refractivity contribution in [3.05, 3.63) is 71.8 Å². The SMILES string of the molecule is CC(C)C[C@@H](NC(=O)[C@@H](CCc1ccccc1)NC(=O)[C@H](N)Cc1ccccc1)C(=O)N[C@H](CCCCN)C(=O)N1CCC2(CCN(C)C2=O)CC1. The number of unbranched alkanes of at least 4 members (excludes halogenated alkanes) is 1. The van der Waals surface area contributed by atoms with E-state index in [1.165, 1.54) is 0 Å². The van der Waals surface area contributed by atoms with Crippen LogP contribution < -0.4 is 27.4 Å². The molecule has 12 nitrogen and oxygen atoms in total. The lowest BCUT2D eigenvalue weighted by Gasteiger charge is -2.39. The van der Waals surface area contributed by atoms with Gasteiger partial charge in [-0.2, -0.15) is 0 Å². The summed E-state index contributed by atoms with van der Waals surface area (Å²) in [5.41, 5.74) is 13.6. The van der Waals surface area contributed by atoms with Crippen LogP contribution in [0.5, 0.6) is 0 Å². The summed E-state index contributed by atoms with van der Waals surface area (Å²) in [6.45, 7) is 6.00. The van der Waals surface area contributed by atoms with Crippen molar-refractivity contribution in [1.82, 2.24) is 25.8 Å². The van der Waals surface area contributed by atoms with Gasteiger partial charge in [0.05, 0.1) is 11.5 Å². The van der Waals surface area contributed by atoms with E-state index >= 15 is 0 Å². The van der Waals surface area contributed by atoms with E-state index in [-0.39, 0.29) is 17.7 Å². The minimum absolute atomic E-state index is 0.0412. The molecule has 1 spiro atoms. The van der Waals surface area contributed by atoms with Crippen molar-refractivity contribution in [3.63, 3.8) is 0 Å². The number of carbonyl (C=O) groups excluding carboxylic acids is 5. The summed E-state index contributed by atoms with van der Waals surface area (Å²) in [7, 11) is 1.82. The van der Waals surface area contributed by atoms with E-state index in [0.29, 0.717) is 77.4 Å². The largest absolute Gasteiger partial charge is 0.345 e. The van der Waals surface area contributed by atoms with Gasteiger partial charge in [0.1, 0.15) is 18.1 Å². The standard InChI is InChI=1S/C40H59N7O5/c1-28(2)26-34(37(50)44-33(16-10-11-22-41)38(51)47-24-20-40(21-25-47)19-23-46(3)39(40)52)45-36(49)32(18-17-29-12-6-4-7-13-29)43-35(48)31(42)27-30-14-8-5-9-15-30/h4-9,12-15,28,31-34H,10-11,16-27,41-42H2,1-3H3,(H,43,48)(H,44,50)(H,45,49)/t31-,32-,33-,34-/m1/s1. The number of carbonyl (C=O) groups is 5. The molecule has 0 aromatic heterocycles. The van der Waals surface area contributed by atoms with Gasteiger partial charge in [0.2, 0.25) is 29.5 Å². The van der Waals surface area contributed by atoms with Crippen LogP contribution in [0.4, 0.5) is 0 Å². The van der Waals surface area contributed by atoms with Crippen molar-refractivity contribution in [3.8, 4) is 0 Å². The van der Waals surface area contributed by atoms with Crippen molar-refractivity contribution >= 4 is 29.5 Å². The predicted octanol–water partition coefficient (Wildman–Crippen LogP) is 2.29. The van der Waals surface area contributed by atoms with Gasteiger partial charge in [0.25, 0.3) is 0 Å². The quantitative estimate of drug-likeness (QED) is 0.147.